The number of ether oxygens (including phenoxy) is 1. The molecule has 8 heteroatoms. The SMILES string of the molecule is CCc1cc(CNC(=O)c2cc(C)nc(CC(=O)C(C)C)c2)cnc1OCC(F)F. The first kappa shape index (κ1) is 23.4. The molecule has 0 fully saturated rings. The van der Waals surface area contributed by atoms with Crippen LogP contribution in [0.15, 0.2) is 24.4 Å². The van der Waals surface area contributed by atoms with E-state index in [1.807, 2.05) is 20.8 Å². The quantitative estimate of drug-likeness (QED) is 0.635. The van der Waals surface area contributed by atoms with Crippen molar-refractivity contribution < 1.29 is 23.1 Å². The molecule has 1 N–H and O–H groups in total. The van der Waals surface area contributed by atoms with E-state index in [1.54, 1.807) is 25.1 Å². The van der Waals surface area contributed by atoms with Crippen LogP contribution in [0.3, 0.4) is 0 Å². The summed E-state index contributed by atoms with van der Waals surface area (Å²) in [6.45, 7) is 6.81. The molecule has 2 aromatic rings. The van der Waals surface area contributed by atoms with E-state index in [-0.39, 0.29) is 36.5 Å². The predicted molar refractivity (Wildman–Crippen MR) is 109 cm³/mol. The van der Waals surface area contributed by atoms with Gasteiger partial charge in [0.1, 0.15) is 5.78 Å². The van der Waals surface area contributed by atoms with Gasteiger partial charge in [0.05, 0.1) is 0 Å². The number of carbonyl (C=O) groups excluding carboxylic acids is 2. The van der Waals surface area contributed by atoms with E-state index >= 15 is 0 Å². The van der Waals surface area contributed by atoms with Gasteiger partial charge in [-0.3, -0.25) is 14.6 Å². The first-order chi connectivity index (χ1) is 14.2. The Balaban J connectivity index is 2.06. The molecule has 0 saturated carbocycles. The molecule has 0 aliphatic rings. The summed E-state index contributed by atoms with van der Waals surface area (Å²) in [5.74, 6) is -0.156. The third kappa shape index (κ3) is 6.86. The fraction of sp³-hybridized carbons (Fsp3) is 0.455. The van der Waals surface area contributed by atoms with Crippen LogP contribution in [0.4, 0.5) is 8.78 Å². The number of aromatic nitrogens is 2. The van der Waals surface area contributed by atoms with Crippen LogP contribution in [-0.4, -0.2) is 34.7 Å². The van der Waals surface area contributed by atoms with Gasteiger partial charge in [-0.05, 0) is 37.1 Å². The monoisotopic (exact) mass is 419 g/mol. The summed E-state index contributed by atoms with van der Waals surface area (Å²) >= 11 is 0. The molecule has 0 bridgehead atoms. The van der Waals surface area contributed by atoms with Gasteiger partial charge in [0.2, 0.25) is 5.88 Å². The molecule has 0 radical (unpaired) electrons. The molecule has 0 aromatic carbocycles. The second-order valence-corrected chi connectivity index (χ2v) is 7.33. The number of nitrogens with zero attached hydrogens (tertiary/aromatic N) is 2. The maximum Gasteiger partial charge on any atom is 0.272 e. The Kier molecular flexibility index (Phi) is 8.38. The van der Waals surface area contributed by atoms with Crippen LogP contribution < -0.4 is 10.1 Å². The first-order valence-corrected chi connectivity index (χ1v) is 9.86. The van der Waals surface area contributed by atoms with E-state index < -0.39 is 13.0 Å². The zero-order valence-electron chi connectivity index (χ0n) is 17.7. The number of carbonyl (C=O) groups is 2. The number of rotatable bonds is 10. The van der Waals surface area contributed by atoms with Crippen molar-refractivity contribution in [3.8, 4) is 5.88 Å². The van der Waals surface area contributed by atoms with Crippen molar-refractivity contribution in [2.45, 2.75) is 53.5 Å². The number of hydrogen-bond donors (Lipinski definition) is 1. The topological polar surface area (TPSA) is 81.2 Å². The van der Waals surface area contributed by atoms with Crippen molar-refractivity contribution in [3.05, 3.63) is 52.5 Å². The molecule has 0 aliphatic carbocycles. The number of alkyl halides is 2. The number of aryl methyl sites for hydroxylation is 2. The summed E-state index contributed by atoms with van der Waals surface area (Å²) in [5.41, 5.74) is 3.07. The molecule has 162 valence electrons. The molecule has 0 spiro atoms. The van der Waals surface area contributed by atoms with E-state index in [9.17, 15) is 18.4 Å². The van der Waals surface area contributed by atoms with Crippen molar-refractivity contribution in [3.63, 3.8) is 0 Å². The maximum absolute atomic E-state index is 12.6. The number of nitrogens with one attached hydrogen (secondary N) is 1. The summed E-state index contributed by atoms with van der Waals surface area (Å²) in [6, 6.07) is 5.06. The number of amides is 1. The van der Waals surface area contributed by atoms with Gasteiger partial charge in [-0.2, -0.15) is 0 Å². The fourth-order valence-electron chi connectivity index (χ4n) is 2.80. The third-order valence-corrected chi connectivity index (χ3v) is 4.43. The molecule has 1 amide bonds. The van der Waals surface area contributed by atoms with E-state index in [1.165, 1.54) is 6.20 Å². The number of halogens is 2. The zero-order chi connectivity index (χ0) is 22.3. The van der Waals surface area contributed by atoms with Crippen LogP contribution in [0.5, 0.6) is 5.88 Å². The number of Topliss-reactive ketones (excluding diaryl/α,β-unsaturated/α-hetero) is 1. The van der Waals surface area contributed by atoms with E-state index in [4.69, 9.17) is 4.74 Å². The van der Waals surface area contributed by atoms with Crippen LogP contribution in [0.1, 0.15) is 53.6 Å². The highest BCUT2D eigenvalue weighted by atomic mass is 19.3. The summed E-state index contributed by atoms with van der Waals surface area (Å²) in [6.07, 6.45) is -0.335. The van der Waals surface area contributed by atoms with Crippen LogP contribution in [-0.2, 0) is 24.2 Å². The normalized spacial score (nSPS) is 11.1. The Hall–Kier alpha value is -2.90. The van der Waals surface area contributed by atoms with Crippen LogP contribution in [0, 0.1) is 12.8 Å². The second-order valence-electron chi connectivity index (χ2n) is 7.33. The van der Waals surface area contributed by atoms with Crippen molar-refractivity contribution in [2.75, 3.05) is 6.61 Å². The fourth-order valence-corrected chi connectivity index (χ4v) is 2.80. The maximum atomic E-state index is 12.6. The lowest BCUT2D eigenvalue weighted by Crippen LogP contribution is -2.24. The van der Waals surface area contributed by atoms with Gasteiger partial charge in [0.25, 0.3) is 12.3 Å². The van der Waals surface area contributed by atoms with Crippen molar-refractivity contribution >= 4 is 11.7 Å². The number of ketones is 1. The highest BCUT2D eigenvalue weighted by Gasteiger charge is 2.14. The smallest absolute Gasteiger partial charge is 0.272 e. The Morgan fingerprint density at radius 2 is 1.93 bits per heavy atom. The van der Waals surface area contributed by atoms with Gasteiger partial charge in [-0.25, -0.2) is 13.8 Å². The third-order valence-electron chi connectivity index (χ3n) is 4.43. The van der Waals surface area contributed by atoms with Gasteiger partial charge in [-0.15, -0.1) is 0 Å². The minimum Gasteiger partial charge on any atom is -0.471 e. The second kappa shape index (κ2) is 10.8. The van der Waals surface area contributed by atoms with E-state index in [0.29, 0.717) is 28.9 Å². The molecule has 30 heavy (non-hydrogen) atoms. The molecule has 0 atom stereocenters. The van der Waals surface area contributed by atoms with E-state index in [2.05, 4.69) is 15.3 Å². The molecule has 6 nitrogen and oxygen atoms in total. The average molecular weight is 419 g/mol. The number of hydrogen-bond acceptors (Lipinski definition) is 5. The minimum absolute atomic E-state index is 0.0618. The van der Waals surface area contributed by atoms with Gasteiger partial charge in [0.15, 0.2) is 6.61 Å². The molecule has 2 rings (SSSR count). The largest absolute Gasteiger partial charge is 0.471 e. The minimum atomic E-state index is -2.57. The summed E-state index contributed by atoms with van der Waals surface area (Å²) in [7, 11) is 0. The van der Waals surface area contributed by atoms with Crippen molar-refractivity contribution in [1.29, 1.82) is 0 Å². The summed E-state index contributed by atoms with van der Waals surface area (Å²) in [4.78, 5) is 33.0. The summed E-state index contributed by atoms with van der Waals surface area (Å²) < 4.78 is 29.7. The van der Waals surface area contributed by atoms with Gasteiger partial charge in [-0.1, -0.05) is 20.8 Å². The van der Waals surface area contributed by atoms with Gasteiger partial charge >= 0.3 is 0 Å². The Bertz CT molecular complexity index is 901. The van der Waals surface area contributed by atoms with E-state index in [0.717, 1.165) is 5.56 Å². The Morgan fingerprint density at radius 1 is 1.20 bits per heavy atom. The molecule has 0 unspecified atom stereocenters. The summed E-state index contributed by atoms with van der Waals surface area (Å²) in [5, 5.41) is 2.81. The van der Waals surface area contributed by atoms with Crippen LogP contribution in [0.2, 0.25) is 0 Å². The van der Waals surface area contributed by atoms with Gasteiger partial charge in [0, 0.05) is 47.6 Å². The molecule has 0 aliphatic heterocycles. The van der Waals surface area contributed by atoms with Crippen LogP contribution >= 0.6 is 0 Å². The molecule has 2 heterocycles. The molecular formula is C22H27F2N3O3. The van der Waals surface area contributed by atoms with Crippen molar-refractivity contribution in [2.24, 2.45) is 5.92 Å². The highest BCUT2D eigenvalue weighted by molar-refractivity contribution is 5.94. The lowest BCUT2D eigenvalue weighted by molar-refractivity contribution is -0.121. The van der Waals surface area contributed by atoms with Gasteiger partial charge < -0.3 is 10.1 Å². The Labute approximate surface area is 175 Å². The van der Waals surface area contributed by atoms with Crippen LogP contribution in [0.25, 0.3) is 0 Å². The average Bonchev–Trinajstić information content (AvgIpc) is 2.69. The number of pyridine rings is 2. The zero-order valence-corrected chi connectivity index (χ0v) is 17.7. The molecule has 2 aromatic heterocycles. The van der Waals surface area contributed by atoms with Crippen molar-refractivity contribution in [1.82, 2.24) is 15.3 Å². The molecular weight excluding hydrogens is 392 g/mol. The Morgan fingerprint density at radius 3 is 2.57 bits per heavy atom. The molecule has 0 saturated heterocycles. The standard InChI is InChI=1S/C22H27F2N3O3/c1-5-16-7-15(11-26-22(16)30-12-20(23)24)10-25-21(29)17-6-14(4)27-18(8-17)9-19(28)13(2)3/h6-8,11,13,20H,5,9-10,12H2,1-4H3,(H,25,29). The highest BCUT2D eigenvalue weighted by Crippen LogP contribution is 2.18. The lowest BCUT2D eigenvalue weighted by atomic mass is 10.0. The first-order valence-electron chi connectivity index (χ1n) is 9.86. The lowest BCUT2D eigenvalue weighted by Gasteiger charge is -2.12. The predicted octanol–water partition coefficient (Wildman–Crippen LogP) is 3.69.